The van der Waals surface area contributed by atoms with Crippen LogP contribution in [-0.2, 0) is 0 Å². The molecule has 0 saturated carbocycles. The molecule has 0 heterocycles. The minimum atomic E-state index is -0.251. The van der Waals surface area contributed by atoms with E-state index in [1.165, 1.54) is 6.07 Å². The lowest BCUT2D eigenvalue weighted by atomic mass is 9.97. The van der Waals surface area contributed by atoms with Crippen LogP contribution in [0.25, 0.3) is 0 Å². The quantitative estimate of drug-likeness (QED) is 0.654. The average Bonchev–Trinajstić information content (AvgIpc) is 2.44. The molecule has 2 aromatic rings. The third-order valence-electron chi connectivity index (χ3n) is 3.27. The lowest BCUT2D eigenvalue weighted by molar-refractivity contribution is 0.238. The maximum atomic E-state index is 13.4. The van der Waals surface area contributed by atoms with Crippen LogP contribution in [0, 0.1) is 12.7 Å². The van der Waals surface area contributed by atoms with Crippen LogP contribution in [0.1, 0.15) is 36.6 Å². The van der Waals surface area contributed by atoms with E-state index < -0.39 is 0 Å². The van der Waals surface area contributed by atoms with Crippen molar-refractivity contribution in [2.75, 3.05) is 0 Å². The van der Waals surface area contributed by atoms with E-state index >= 15 is 0 Å². The van der Waals surface area contributed by atoms with Gasteiger partial charge in [-0.25, -0.2) is 9.82 Å². The zero-order valence-electron chi connectivity index (χ0n) is 12.6. The molecule has 0 aliphatic rings. The summed E-state index contributed by atoms with van der Waals surface area (Å²) in [6.07, 6.45) is 0.0690. The Morgan fingerprint density at radius 3 is 2.48 bits per heavy atom. The van der Waals surface area contributed by atoms with Gasteiger partial charge in [0.15, 0.2) is 0 Å². The SMILES string of the molecule is Cc1cc(C(NN)c2ccccc2OC(C)C)ccc1F. The Hall–Kier alpha value is -1.91. The largest absolute Gasteiger partial charge is 0.491 e. The summed E-state index contributed by atoms with van der Waals surface area (Å²) >= 11 is 0. The third-order valence-corrected chi connectivity index (χ3v) is 3.27. The molecular weight excluding hydrogens is 267 g/mol. The van der Waals surface area contributed by atoms with Gasteiger partial charge in [0.2, 0.25) is 0 Å². The van der Waals surface area contributed by atoms with E-state index in [4.69, 9.17) is 10.6 Å². The lowest BCUT2D eigenvalue weighted by Gasteiger charge is -2.22. The molecule has 3 nitrogen and oxygen atoms in total. The van der Waals surface area contributed by atoms with Crippen LogP contribution in [0.15, 0.2) is 42.5 Å². The monoisotopic (exact) mass is 288 g/mol. The van der Waals surface area contributed by atoms with E-state index in [1.807, 2.05) is 38.1 Å². The molecule has 4 heteroatoms. The predicted octanol–water partition coefficient (Wildman–Crippen LogP) is 3.47. The Bertz CT molecular complexity index is 613. The van der Waals surface area contributed by atoms with Crippen LogP contribution in [0.2, 0.25) is 0 Å². The highest BCUT2D eigenvalue weighted by Gasteiger charge is 2.18. The number of ether oxygens (including phenoxy) is 1. The first-order valence-electron chi connectivity index (χ1n) is 7.00. The maximum Gasteiger partial charge on any atom is 0.126 e. The predicted molar refractivity (Wildman–Crippen MR) is 82.5 cm³/mol. The summed E-state index contributed by atoms with van der Waals surface area (Å²) in [6, 6.07) is 12.5. The van der Waals surface area contributed by atoms with Gasteiger partial charge in [-0.05, 0) is 44.0 Å². The molecule has 0 aromatic heterocycles. The van der Waals surface area contributed by atoms with Crippen LogP contribution < -0.4 is 16.0 Å². The number of nitrogens with one attached hydrogen (secondary N) is 1. The van der Waals surface area contributed by atoms with Crippen molar-refractivity contribution < 1.29 is 9.13 Å². The van der Waals surface area contributed by atoms with Crippen molar-refractivity contribution in [1.29, 1.82) is 0 Å². The molecule has 2 aromatic carbocycles. The fourth-order valence-electron chi connectivity index (χ4n) is 2.29. The van der Waals surface area contributed by atoms with E-state index in [1.54, 1.807) is 19.1 Å². The molecule has 0 spiro atoms. The molecular formula is C17H21FN2O. The van der Waals surface area contributed by atoms with Crippen molar-refractivity contribution in [3.05, 3.63) is 65.0 Å². The van der Waals surface area contributed by atoms with Crippen LogP contribution in [-0.4, -0.2) is 6.10 Å². The fraction of sp³-hybridized carbons (Fsp3) is 0.294. The van der Waals surface area contributed by atoms with Crippen molar-refractivity contribution in [2.45, 2.75) is 32.9 Å². The summed E-state index contributed by atoms with van der Waals surface area (Å²) < 4.78 is 19.3. The Labute approximate surface area is 124 Å². The molecule has 2 rings (SSSR count). The number of benzene rings is 2. The molecule has 3 N–H and O–H groups in total. The van der Waals surface area contributed by atoms with Gasteiger partial charge in [0, 0.05) is 5.56 Å². The summed E-state index contributed by atoms with van der Waals surface area (Å²) in [5.74, 6) is 6.28. The van der Waals surface area contributed by atoms with Crippen LogP contribution in [0.3, 0.4) is 0 Å². The second-order valence-corrected chi connectivity index (χ2v) is 5.31. The summed E-state index contributed by atoms with van der Waals surface area (Å²) in [4.78, 5) is 0. The van der Waals surface area contributed by atoms with Gasteiger partial charge in [-0.15, -0.1) is 0 Å². The van der Waals surface area contributed by atoms with E-state index in [-0.39, 0.29) is 18.0 Å². The number of hydrogen-bond acceptors (Lipinski definition) is 3. The second-order valence-electron chi connectivity index (χ2n) is 5.31. The van der Waals surface area contributed by atoms with E-state index in [9.17, 15) is 4.39 Å². The molecule has 0 radical (unpaired) electrons. The summed E-state index contributed by atoms with van der Waals surface area (Å²) in [5.41, 5.74) is 5.21. The van der Waals surface area contributed by atoms with Crippen LogP contribution in [0.4, 0.5) is 4.39 Å². The number of hydrogen-bond donors (Lipinski definition) is 2. The molecule has 112 valence electrons. The highest BCUT2D eigenvalue weighted by atomic mass is 19.1. The number of nitrogens with two attached hydrogens (primary N) is 1. The molecule has 1 atom stereocenters. The van der Waals surface area contributed by atoms with Crippen molar-refractivity contribution in [3.63, 3.8) is 0 Å². The van der Waals surface area contributed by atoms with Crippen molar-refractivity contribution in [1.82, 2.24) is 5.43 Å². The lowest BCUT2D eigenvalue weighted by Crippen LogP contribution is -2.29. The highest BCUT2D eigenvalue weighted by Crippen LogP contribution is 2.30. The third kappa shape index (κ3) is 3.60. The topological polar surface area (TPSA) is 47.3 Å². The van der Waals surface area contributed by atoms with E-state index in [0.717, 1.165) is 16.9 Å². The van der Waals surface area contributed by atoms with Crippen molar-refractivity contribution in [3.8, 4) is 5.75 Å². The average molecular weight is 288 g/mol. The van der Waals surface area contributed by atoms with Crippen molar-refractivity contribution >= 4 is 0 Å². The zero-order valence-corrected chi connectivity index (χ0v) is 12.6. The van der Waals surface area contributed by atoms with Gasteiger partial charge in [-0.3, -0.25) is 5.84 Å². The Kier molecular flexibility index (Phi) is 4.94. The van der Waals surface area contributed by atoms with Gasteiger partial charge in [0.1, 0.15) is 11.6 Å². The smallest absolute Gasteiger partial charge is 0.126 e. The molecule has 1 unspecified atom stereocenters. The fourth-order valence-corrected chi connectivity index (χ4v) is 2.29. The molecule has 0 aliphatic heterocycles. The number of rotatable bonds is 5. The minimum Gasteiger partial charge on any atom is -0.491 e. The van der Waals surface area contributed by atoms with Gasteiger partial charge in [-0.2, -0.15) is 0 Å². The van der Waals surface area contributed by atoms with Gasteiger partial charge < -0.3 is 4.74 Å². The number of aryl methyl sites for hydroxylation is 1. The first kappa shape index (κ1) is 15.5. The van der Waals surface area contributed by atoms with E-state index in [2.05, 4.69) is 5.43 Å². The molecule has 0 fully saturated rings. The highest BCUT2D eigenvalue weighted by molar-refractivity contribution is 5.42. The normalized spacial score (nSPS) is 12.5. The van der Waals surface area contributed by atoms with Crippen molar-refractivity contribution in [2.24, 2.45) is 5.84 Å². The second kappa shape index (κ2) is 6.70. The summed E-state index contributed by atoms with van der Waals surface area (Å²) in [5, 5.41) is 0. The number of para-hydroxylation sites is 1. The molecule has 21 heavy (non-hydrogen) atoms. The summed E-state index contributed by atoms with van der Waals surface area (Å²) in [7, 11) is 0. The van der Waals surface area contributed by atoms with Gasteiger partial charge in [-0.1, -0.05) is 30.3 Å². The zero-order chi connectivity index (χ0) is 15.4. The van der Waals surface area contributed by atoms with Gasteiger partial charge in [0.25, 0.3) is 0 Å². The number of hydrazine groups is 1. The van der Waals surface area contributed by atoms with E-state index in [0.29, 0.717) is 5.56 Å². The molecule has 0 bridgehead atoms. The Morgan fingerprint density at radius 2 is 1.86 bits per heavy atom. The summed E-state index contributed by atoms with van der Waals surface area (Å²) in [6.45, 7) is 5.69. The van der Waals surface area contributed by atoms with Crippen LogP contribution >= 0.6 is 0 Å². The van der Waals surface area contributed by atoms with Gasteiger partial charge in [0.05, 0.1) is 12.1 Å². The number of halogens is 1. The molecule has 0 aliphatic carbocycles. The maximum absolute atomic E-state index is 13.4. The molecule has 0 saturated heterocycles. The van der Waals surface area contributed by atoms with Crippen LogP contribution in [0.5, 0.6) is 5.75 Å². The standard InChI is InChI=1S/C17H21FN2O/c1-11(2)21-16-7-5-4-6-14(16)17(20-19)13-8-9-15(18)12(3)10-13/h4-11,17,20H,19H2,1-3H3. The minimum absolute atomic E-state index is 0.0690. The molecule has 0 amide bonds. The van der Waals surface area contributed by atoms with Gasteiger partial charge >= 0.3 is 0 Å². The Morgan fingerprint density at radius 1 is 1.14 bits per heavy atom. The first-order valence-corrected chi connectivity index (χ1v) is 7.00. The Balaban J connectivity index is 2.43. The first-order chi connectivity index (χ1) is 10.0.